The molecule has 0 aliphatic carbocycles. The maximum Gasteiger partial charge on any atom is 0.243 e. The number of anilines is 1. The molecular formula is C18H19ClFN3O2. The van der Waals surface area contributed by atoms with Gasteiger partial charge < -0.3 is 16.0 Å². The number of carbonyl (C=O) groups is 2. The highest BCUT2D eigenvalue weighted by Crippen LogP contribution is 2.15. The Bertz CT molecular complexity index is 720. The molecule has 1 atom stereocenters. The van der Waals surface area contributed by atoms with Gasteiger partial charge in [0.1, 0.15) is 5.82 Å². The van der Waals surface area contributed by atoms with Gasteiger partial charge in [0.25, 0.3) is 0 Å². The van der Waals surface area contributed by atoms with E-state index in [-0.39, 0.29) is 36.8 Å². The smallest absolute Gasteiger partial charge is 0.243 e. The fourth-order valence-corrected chi connectivity index (χ4v) is 2.22. The molecule has 0 fully saturated rings. The molecule has 7 heteroatoms. The van der Waals surface area contributed by atoms with Crippen LogP contribution < -0.4 is 16.0 Å². The molecule has 0 saturated heterocycles. The summed E-state index contributed by atoms with van der Waals surface area (Å²) in [6.07, 6.45) is 0. The first-order valence-corrected chi connectivity index (χ1v) is 8.13. The molecule has 0 bridgehead atoms. The molecule has 0 aliphatic rings. The van der Waals surface area contributed by atoms with Crippen LogP contribution in [0.25, 0.3) is 0 Å². The fourth-order valence-electron chi connectivity index (χ4n) is 2.09. The lowest BCUT2D eigenvalue weighted by Gasteiger charge is -2.14. The summed E-state index contributed by atoms with van der Waals surface area (Å²) in [5.41, 5.74) is 1.47. The van der Waals surface area contributed by atoms with Crippen LogP contribution in [0.1, 0.15) is 18.5 Å². The van der Waals surface area contributed by atoms with Gasteiger partial charge in [-0.25, -0.2) is 4.39 Å². The van der Waals surface area contributed by atoms with Crippen molar-refractivity contribution in [3.8, 4) is 0 Å². The van der Waals surface area contributed by atoms with Crippen molar-refractivity contribution in [3.63, 3.8) is 0 Å². The van der Waals surface area contributed by atoms with Crippen LogP contribution in [-0.2, 0) is 9.59 Å². The monoisotopic (exact) mass is 363 g/mol. The van der Waals surface area contributed by atoms with Gasteiger partial charge in [0.05, 0.1) is 13.1 Å². The summed E-state index contributed by atoms with van der Waals surface area (Å²) in [4.78, 5) is 23.6. The highest BCUT2D eigenvalue weighted by Gasteiger charge is 2.09. The number of carbonyl (C=O) groups excluding carboxylic acids is 2. The molecular weight excluding hydrogens is 345 g/mol. The van der Waals surface area contributed by atoms with E-state index < -0.39 is 0 Å². The molecule has 5 nitrogen and oxygen atoms in total. The number of benzene rings is 2. The Morgan fingerprint density at radius 2 is 1.64 bits per heavy atom. The molecule has 0 radical (unpaired) electrons. The van der Waals surface area contributed by atoms with Crippen molar-refractivity contribution in [1.82, 2.24) is 10.6 Å². The molecule has 0 aliphatic heterocycles. The quantitative estimate of drug-likeness (QED) is 0.708. The lowest BCUT2D eigenvalue weighted by Crippen LogP contribution is -2.39. The Labute approximate surface area is 150 Å². The molecule has 2 aromatic carbocycles. The molecule has 0 aromatic heterocycles. The summed E-state index contributed by atoms with van der Waals surface area (Å²) < 4.78 is 12.8. The molecule has 0 unspecified atom stereocenters. The molecule has 2 aromatic rings. The highest BCUT2D eigenvalue weighted by atomic mass is 35.5. The van der Waals surface area contributed by atoms with Gasteiger partial charge >= 0.3 is 0 Å². The number of nitrogens with one attached hydrogen (secondary N) is 3. The van der Waals surface area contributed by atoms with E-state index in [9.17, 15) is 14.0 Å². The molecule has 0 spiro atoms. The van der Waals surface area contributed by atoms with Crippen LogP contribution >= 0.6 is 11.6 Å². The Hall–Kier alpha value is -2.44. The van der Waals surface area contributed by atoms with Crippen molar-refractivity contribution in [2.45, 2.75) is 13.0 Å². The summed E-state index contributed by atoms with van der Waals surface area (Å²) in [6, 6.07) is 12.7. The van der Waals surface area contributed by atoms with E-state index in [1.54, 1.807) is 12.1 Å². The van der Waals surface area contributed by atoms with E-state index in [1.165, 1.54) is 24.3 Å². The maximum atomic E-state index is 12.8. The van der Waals surface area contributed by atoms with Crippen molar-refractivity contribution in [1.29, 1.82) is 0 Å². The normalized spacial score (nSPS) is 11.6. The van der Waals surface area contributed by atoms with E-state index >= 15 is 0 Å². The van der Waals surface area contributed by atoms with Crippen molar-refractivity contribution < 1.29 is 14.0 Å². The molecule has 0 saturated carbocycles. The van der Waals surface area contributed by atoms with Crippen LogP contribution in [0.3, 0.4) is 0 Å². The predicted molar refractivity (Wildman–Crippen MR) is 95.9 cm³/mol. The van der Waals surface area contributed by atoms with Crippen molar-refractivity contribution in [2.75, 3.05) is 18.4 Å². The highest BCUT2D eigenvalue weighted by molar-refractivity contribution is 6.30. The minimum absolute atomic E-state index is 0.0314. The molecule has 3 N–H and O–H groups in total. The first kappa shape index (κ1) is 18.9. The minimum Gasteiger partial charge on any atom is -0.346 e. The van der Waals surface area contributed by atoms with Gasteiger partial charge in [0.15, 0.2) is 0 Å². The van der Waals surface area contributed by atoms with Crippen molar-refractivity contribution in [3.05, 3.63) is 64.9 Å². The SMILES string of the molecule is C[C@H](NCC(=O)NCC(=O)Nc1ccc(F)cc1)c1ccc(Cl)cc1. The second kappa shape index (κ2) is 9.15. The standard InChI is InChI=1S/C18H19ClFN3O2/c1-12(13-2-4-14(19)5-3-13)21-10-17(24)22-11-18(25)23-16-8-6-15(20)7-9-16/h2-9,12,21H,10-11H2,1H3,(H,22,24)(H,23,25)/t12-/m0/s1. The summed E-state index contributed by atoms with van der Waals surface area (Å²) in [5.74, 6) is -1.06. The zero-order valence-corrected chi connectivity index (χ0v) is 14.4. The second-order valence-electron chi connectivity index (χ2n) is 5.49. The Balaban J connectivity index is 1.70. The predicted octanol–water partition coefficient (Wildman–Crippen LogP) is 2.88. The fraction of sp³-hybridized carbons (Fsp3) is 0.222. The van der Waals surface area contributed by atoms with E-state index in [1.807, 2.05) is 19.1 Å². The van der Waals surface area contributed by atoms with E-state index in [4.69, 9.17) is 11.6 Å². The maximum absolute atomic E-state index is 12.8. The van der Waals surface area contributed by atoms with Crippen LogP contribution in [-0.4, -0.2) is 24.9 Å². The third kappa shape index (κ3) is 6.52. The zero-order valence-electron chi connectivity index (χ0n) is 13.7. The van der Waals surface area contributed by atoms with Gasteiger partial charge in [-0.05, 0) is 48.9 Å². The van der Waals surface area contributed by atoms with E-state index in [0.717, 1.165) is 5.56 Å². The van der Waals surface area contributed by atoms with Gasteiger partial charge in [-0.15, -0.1) is 0 Å². The number of rotatable bonds is 7. The molecule has 2 rings (SSSR count). The van der Waals surface area contributed by atoms with Gasteiger partial charge in [-0.2, -0.15) is 0 Å². The van der Waals surface area contributed by atoms with Gasteiger partial charge in [-0.1, -0.05) is 23.7 Å². The molecule has 25 heavy (non-hydrogen) atoms. The first-order valence-electron chi connectivity index (χ1n) is 7.75. The molecule has 0 heterocycles. The third-order valence-electron chi connectivity index (χ3n) is 3.51. The van der Waals surface area contributed by atoms with Crippen LogP contribution in [0.4, 0.5) is 10.1 Å². The molecule has 132 valence electrons. The van der Waals surface area contributed by atoms with E-state index in [2.05, 4.69) is 16.0 Å². The summed E-state index contributed by atoms with van der Waals surface area (Å²) in [7, 11) is 0. The molecule has 2 amide bonds. The largest absolute Gasteiger partial charge is 0.346 e. The second-order valence-corrected chi connectivity index (χ2v) is 5.92. The average Bonchev–Trinajstić information content (AvgIpc) is 2.60. The van der Waals surface area contributed by atoms with Crippen molar-refractivity contribution in [2.24, 2.45) is 0 Å². The Morgan fingerprint density at radius 1 is 1.00 bits per heavy atom. The third-order valence-corrected chi connectivity index (χ3v) is 3.76. The van der Waals surface area contributed by atoms with Crippen LogP contribution in [0.15, 0.2) is 48.5 Å². The Kier molecular flexibility index (Phi) is 6.91. The first-order chi connectivity index (χ1) is 11.9. The van der Waals surface area contributed by atoms with Crippen LogP contribution in [0, 0.1) is 5.82 Å². The van der Waals surface area contributed by atoms with Gasteiger partial charge in [-0.3, -0.25) is 9.59 Å². The number of halogens is 2. The number of hydrogen-bond acceptors (Lipinski definition) is 3. The topological polar surface area (TPSA) is 70.2 Å². The van der Waals surface area contributed by atoms with E-state index in [0.29, 0.717) is 10.7 Å². The van der Waals surface area contributed by atoms with Gasteiger partial charge in [0.2, 0.25) is 11.8 Å². The van der Waals surface area contributed by atoms with Gasteiger partial charge in [0, 0.05) is 16.8 Å². The minimum atomic E-state index is -0.384. The lowest BCUT2D eigenvalue weighted by atomic mass is 10.1. The lowest BCUT2D eigenvalue weighted by molar-refractivity contribution is -0.123. The number of hydrogen-bond donors (Lipinski definition) is 3. The Morgan fingerprint density at radius 3 is 2.28 bits per heavy atom. The van der Waals surface area contributed by atoms with Crippen LogP contribution in [0.2, 0.25) is 5.02 Å². The van der Waals surface area contributed by atoms with Crippen molar-refractivity contribution >= 4 is 29.1 Å². The number of amides is 2. The zero-order chi connectivity index (χ0) is 18.2. The van der Waals surface area contributed by atoms with Crippen LogP contribution in [0.5, 0.6) is 0 Å². The summed E-state index contributed by atoms with van der Waals surface area (Å²) in [5, 5.41) is 8.81. The average molecular weight is 364 g/mol. The summed E-state index contributed by atoms with van der Waals surface area (Å²) >= 11 is 5.84. The summed E-state index contributed by atoms with van der Waals surface area (Å²) in [6.45, 7) is 1.85.